The van der Waals surface area contributed by atoms with Crippen molar-refractivity contribution in [1.29, 1.82) is 0 Å². The van der Waals surface area contributed by atoms with Gasteiger partial charge in [-0.15, -0.1) is 0 Å². The van der Waals surface area contributed by atoms with Crippen LogP contribution in [0.5, 0.6) is 0 Å². The maximum Gasteiger partial charge on any atom is 0.0716 e. The Balaban J connectivity index is 1.16. The molecule has 0 bridgehead atoms. The molecule has 0 fully saturated rings. The number of hydrogen-bond acceptors (Lipinski definition) is 3. The van der Waals surface area contributed by atoms with Crippen LogP contribution in [0.15, 0.2) is 189 Å². The van der Waals surface area contributed by atoms with Crippen LogP contribution in [0, 0.1) is 0 Å². The van der Waals surface area contributed by atoms with Crippen molar-refractivity contribution in [2.75, 3.05) is 0 Å². The lowest BCUT2D eigenvalue weighted by Crippen LogP contribution is -2.15. The fourth-order valence-corrected chi connectivity index (χ4v) is 11.0. The maximum absolute atomic E-state index is 5.30. The zero-order chi connectivity index (χ0) is 36.0. The third-order valence-electron chi connectivity index (χ3n) is 11.2. The molecule has 2 aromatic heterocycles. The molecule has 0 amide bonds. The topological polar surface area (TPSA) is 17.8 Å². The predicted octanol–water partition coefficient (Wildman–Crippen LogP) is 14.1. The highest BCUT2D eigenvalue weighted by Gasteiger charge is 2.38. The lowest BCUT2D eigenvalue weighted by molar-refractivity contribution is 0.666. The summed E-state index contributed by atoms with van der Waals surface area (Å²) in [5.74, 6) is 0. The maximum atomic E-state index is 5.30. The molecule has 3 heterocycles. The first-order chi connectivity index (χ1) is 26.5. The Morgan fingerprint density at radius 1 is 0.463 bits per heavy atom. The summed E-state index contributed by atoms with van der Waals surface area (Å²) in [6, 6.07) is 61.9. The quantitative estimate of drug-likeness (QED) is 0.180. The molecule has 0 saturated carbocycles. The molecular formula is C50H34N2S2. The molecule has 1 aliphatic carbocycles. The van der Waals surface area contributed by atoms with Gasteiger partial charge in [0.05, 0.1) is 22.4 Å². The molecule has 11 rings (SSSR count). The number of nitrogens with zero attached hydrogens (tertiary/aromatic N) is 2. The van der Waals surface area contributed by atoms with E-state index in [9.17, 15) is 0 Å². The molecule has 2 nitrogen and oxygen atoms in total. The summed E-state index contributed by atoms with van der Waals surface area (Å²) in [6.45, 7) is 4.80. The zero-order valence-electron chi connectivity index (χ0n) is 29.9. The molecule has 7 aromatic carbocycles. The largest absolute Gasteiger partial charge is 0.309 e. The van der Waals surface area contributed by atoms with Crippen LogP contribution in [0.3, 0.4) is 0 Å². The Labute approximate surface area is 323 Å². The Morgan fingerprint density at radius 3 is 1.85 bits per heavy atom. The predicted molar refractivity (Wildman–Crippen MR) is 227 cm³/mol. The van der Waals surface area contributed by atoms with Gasteiger partial charge in [-0.2, -0.15) is 0 Å². The van der Waals surface area contributed by atoms with Gasteiger partial charge >= 0.3 is 0 Å². The van der Waals surface area contributed by atoms with Crippen molar-refractivity contribution in [3.8, 4) is 50.5 Å². The summed E-state index contributed by atoms with van der Waals surface area (Å²) in [6.07, 6.45) is 0. The molecule has 0 N–H and O–H groups in total. The summed E-state index contributed by atoms with van der Waals surface area (Å²) in [5.41, 5.74) is 15.4. The van der Waals surface area contributed by atoms with Crippen LogP contribution in [0.2, 0.25) is 0 Å². The second kappa shape index (κ2) is 12.1. The molecule has 0 atom stereocenters. The average molecular weight is 727 g/mol. The van der Waals surface area contributed by atoms with E-state index in [1.54, 1.807) is 0 Å². The highest BCUT2D eigenvalue weighted by atomic mass is 32.2. The van der Waals surface area contributed by atoms with Crippen molar-refractivity contribution in [2.45, 2.75) is 38.8 Å². The first-order valence-electron chi connectivity index (χ1n) is 18.5. The van der Waals surface area contributed by atoms with Gasteiger partial charge in [-0.3, -0.25) is 0 Å². The van der Waals surface area contributed by atoms with E-state index in [2.05, 4.69) is 188 Å². The van der Waals surface area contributed by atoms with Crippen LogP contribution >= 0.6 is 23.5 Å². The van der Waals surface area contributed by atoms with Crippen LogP contribution in [0.1, 0.15) is 25.0 Å². The molecular weight excluding hydrogens is 693 g/mol. The summed E-state index contributed by atoms with van der Waals surface area (Å²) >= 11 is 3.77. The van der Waals surface area contributed by atoms with Gasteiger partial charge in [0.2, 0.25) is 0 Å². The van der Waals surface area contributed by atoms with Crippen LogP contribution in [0.4, 0.5) is 0 Å². The minimum atomic E-state index is -0.146. The van der Waals surface area contributed by atoms with Crippen molar-refractivity contribution >= 4 is 45.3 Å². The van der Waals surface area contributed by atoms with Crippen LogP contribution < -0.4 is 0 Å². The van der Waals surface area contributed by atoms with Gasteiger partial charge in [-0.25, -0.2) is 4.98 Å². The molecule has 9 aromatic rings. The molecule has 0 radical (unpaired) electrons. The standard InChI is InChI=1S/C50H34N2S2/c1-50(2)39-21-10-9-20-36(39)37-24-25-42-48(49(37)50)38-29-46-47(54-45-23-12-11-22-44(45)53-46)30-43(38)52(42)35-19-13-18-33(26-35)41-28-34(31-14-5-3-6-15-31)27-40(51-41)32-16-7-4-8-17-32/h3-30H,1-2H3. The van der Waals surface area contributed by atoms with E-state index in [-0.39, 0.29) is 5.41 Å². The smallest absolute Gasteiger partial charge is 0.0716 e. The molecule has 0 saturated heterocycles. The zero-order valence-corrected chi connectivity index (χ0v) is 31.5. The Morgan fingerprint density at radius 2 is 1.09 bits per heavy atom. The fourth-order valence-electron chi connectivity index (χ4n) is 8.72. The van der Waals surface area contributed by atoms with Crippen LogP contribution in [0.25, 0.3) is 72.3 Å². The van der Waals surface area contributed by atoms with Crippen molar-refractivity contribution in [2.24, 2.45) is 0 Å². The normalized spacial score (nSPS) is 13.7. The number of rotatable bonds is 4. The van der Waals surface area contributed by atoms with E-state index >= 15 is 0 Å². The lowest BCUT2D eigenvalue weighted by atomic mass is 9.80. The SMILES string of the molecule is CC1(C)c2ccccc2-c2ccc3c(c21)c1cc2c(cc1n3-c1cccc(-c3cc(-c4ccccc4)cc(-c4ccccc4)n3)c1)Sc1ccccc1S2. The third kappa shape index (κ3) is 4.87. The second-order valence-electron chi connectivity index (χ2n) is 14.8. The number of hydrogen-bond donors (Lipinski definition) is 0. The summed E-state index contributed by atoms with van der Waals surface area (Å²) < 4.78 is 2.50. The third-order valence-corrected chi connectivity index (χ3v) is 13.7. The molecule has 0 unspecified atom stereocenters. The van der Waals surface area contributed by atoms with E-state index in [4.69, 9.17) is 4.98 Å². The average Bonchev–Trinajstić information content (AvgIpc) is 3.67. The van der Waals surface area contributed by atoms with Crippen molar-refractivity contribution in [3.05, 3.63) is 181 Å². The van der Waals surface area contributed by atoms with Gasteiger partial charge in [0.1, 0.15) is 0 Å². The Hall–Kier alpha value is -5.81. The minimum Gasteiger partial charge on any atom is -0.309 e. The summed E-state index contributed by atoms with van der Waals surface area (Å²) in [5, 5.41) is 2.65. The minimum absolute atomic E-state index is 0.146. The van der Waals surface area contributed by atoms with E-state index in [1.807, 2.05) is 23.5 Å². The molecule has 1 aliphatic heterocycles. The first-order valence-corrected chi connectivity index (χ1v) is 20.1. The Kier molecular flexibility index (Phi) is 7.11. The van der Waals surface area contributed by atoms with E-state index in [0.717, 1.165) is 33.8 Å². The summed E-state index contributed by atoms with van der Waals surface area (Å²) in [4.78, 5) is 10.6. The van der Waals surface area contributed by atoms with Crippen molar-refractivity contribution < 1.29 is 0 Å². The molecule has 2 aliphatic rings. The highest BCUT2D eigenvalue weighted by Crippen LogP contribution is 2.55. The second-order valence-corrected chi connectivity index (χ2v) is 16.9. The van der Waals surface area contributed by atoms with E-state index < -0.39 is 0 Å². The van der Waals surface area contributed by atoms with Gasteiger partial charge in [-0.1, -0.05) is 153 Å². The molecule has 0 spiro atoms. The van der Waals surface area contributed by atoms with E-state index in [0.29, 0.717) is 0 Å². The van der Waals surface area contributed by atoms with Crippen molar-refractivity contribution in [3.63, 3.8) is 0 Å². The number of benzene rings is 7. The van der Waals surface area contributed by atoms with Gasteiger partial charge in [0, 0.05) is 52.6 Å². The molecule has 54 heavy (non-hydrogen) atoms. The van der Waals surface area contributed by atoms with Gasteiger partial charge in [-0.05, 0) is 88.0 Å². The van der Waals surface area contributed by atoms with Gasteiger partial charge < -0.3 is 4.57 Å². The van der Waals surface area contributed by atoms with Crippen LogP contribution in [-0.2, 0) is 5.41 Å². The first kappa shape index (κ1) is 31.7. The monoisotopic (exact) mass is 726 g/mol. The van der Waals surface area contributed by atoms with Gasteiger partial charge in [0.25, 0.3) is 0 Å². The summed E-state index contributed by atoms with van der Waals surface area (Å²) in [7, 11) is 0. The molecule has 256 valence electrons. The lowest BCUT2D eigenvalue weighted by Gasteiger charge is -2.23. The highest BCUT2D eigenvalue weighted by molar-refractivity contribution is 8.05. The van der Waals surface area contributed by atoms with Crippen molar-refractivity contribution in [1.82, 2.24) is 9.55 Å². The van der Waals surface area contributed by atoms with Crippen LogP contribution in [-0.4, -0.2) is 9.55 Å². The number of pyridine rings is 1. The number of aromatic nitrogens is 2. The Bertz CT molecular complexity index is 2900. The molecule has 4 heteroatoms. The van der Waals surface area contributed by atoms with Gasteiger partial charge in [0.15, 0.2) is 0 Å². The van der Waals surface area contributed by atoms with E-state index in [1.165, 1.54) is 69.2 Å². The number of fused-ring (bicyclic) bond motifs is 9. The fraction of sp³-hybridized carbons (Fsp3) is 0.0600.